The van der Waals surface area contributed by atoms with Gasteiger partial charge in [0.2, 0.25) is 0 Å². The zero-order valence-corrected chi connectivity index (χ0v) is 13.9. The minimum absolute atomic E-state index is 0.110. The number of anilines is 1. The molecule has 25 heavy (non-hydrogen) atoms. The van der Waals surface area contributed by atoms with Gasteiger partial charge in [-0.05, 0) is 29.8 Å². The van der Waals surface area contributed by atoms with Crippen LogP contribution in [-0.2, 0) is 16.1 Å². The molecule has 6 nitrogen and oxygen atoms in total. The molecule has 2 amide bonds. The van der Waals surface area contributed by atoms with Gasteiger partial charge in [0.1, 0.15) is 5.75 Å². The molecule has 0 aromatic heterocycles. The summed E-state index contributed by atoms with van der Waals surface area (Å²) in [6.07, 6.45) is 0. The number of hydrogen-bond acceptors (Lipinski definition) is 4. The van der Waals surface area contributed by atoms with Crippen molar-refractivity contribution in [3.8, 4) is 5.75 Å². The predicted octanol–water partition coefficient (Wildman–Crippen LogP) is 1.68. The van der Waals surface area contributed by atoms with Crippen LogP contribution >= 0.6 is 0 Å². The minimum atomic E-state index is -0.651. The van der Waals surface area contributed by atoms with Crippen LogP contribution in [0.5, 0.6) is 5.75 Å². The van der Waals surface area contributed by atoms with Crippen molar-refractivity contribution in [2.75, 3.05) is 31.5 Å². The van der Waals surface area contributed by atoms with Crippen molar-refractivity contribution in [1.29, 1.82) is 0 Å². The van der Waals surface area contributed by atoms with E-state index in [1.807, 2.05) is 18.2 Å². The zero-order valence-electron chi connectivity index (χ0n) is 13.9. The maximum atomic E-state index is 12.3. The monoisotopic (exact) mass is 339 g/mol. The highest BCUT2D eigenvalue weighted by Crippen LogP contribution is 2.14. The van der Waals surface area contributed by atoms with E-state index in [2.05, 4.69) is 22.3 Å². The van der Waals surface area contributed by atoms with Crippen molar-refractivity contribution in [2.24, 2.45) is 0 Å². The third kappa shape index (κ3) is 4.58. The molecular formula is C19H21N3O3. The first-order valence-electron chi connectivity index (χ1n) is 8.27. The Morgan fingerprint density at radius 2 is 1.56 bits per heavy atom. The molecule has 0 aliphatic carbocycles. The van der Waals surface area contributed by atoms with E-state index in [1.54, 1.807) is 17.0 Å². The molecule has 0 atom stereocenters. The summed E-state index contributed by atoms with van der Waals surface area (Å²) in [7, 11) is 0. The summed E-state index contributed by atoms with van der Waals surface area (Å²) in [5.74, 6) is -1.06. The SMILES string of the molecule is O=C(Nc1ccc(O)cc1)C(=O)N1CCN(Cc2ccccc2)CC1. The maximum Gasteiger partial charge on any atom is 0.313 e. The number of phenols is 1. The number of phenolic OH excluding ortho intramolecular Hbond substituents is 1. The molecular weight excluding hydrogens is 318 g/mol. The van der Waals surface area contributed by atoms with E-state index in [-0.39, 0.29) is 5.75 Å². The Hall–Kier alpha value is -2.86. The molecule has 0 radical (unpaired) electrons. The zero-order chi connectivity index (χ0) is 17.6. The maximum absolute atomic E-state index is 12.3. The van der Waals surface area contributed by atoms with Crippen molar-refractivity contribution >= 4 is 17.5 Å². The summed E-state index contributed by atoms with van der Waals surface area (Å²) in [5.41, 5.74) is 1.73. The second-order valence-electron chi connectivity index (χ2n) is 6.05. The Morgan fingerprint density at radius 3 is 2.20 bits per heavy atom. The normalized spacial score (nSPS) is 15.0. The van der Waals surface area contributed by atoms with Gasteiger partial charge < -0.3 is 15.3 Å². The number of hydrogen-bond donors (Lipinski definition) is 2. The van der Waals surface area contributed by atoms with Crippen LogP contribution < -0.4 is 5.32 Å². The first-order valence-corrected chi connectivity index (χ1v) is 8.27. The second kappa shape index (κ2) is 7.81. The van der Waals surface area contributed by atoms with Crippen LogP contribution in [0.15, 0.2) is 54.6 Å². The van der Waals surface area contributed by atoms with E-state index in [9.17, 15) is 14.7 Å². The molecule has 130 valence electrons. The summed E-state index contributed by atoms with van der Waals surface area (Å²) in [6, 6.07) is 16.2. The quantitative estimate of drug-likeness (QED) is 0.659. The number of piperazine rings is 1. The molecule has 1 aliphatic rings. The summed E-state index contributed by atoms with van der Waals surface area (Å²) in [6.45, 7) is 3.41. The third-order valence-corrected chi connectivity index (χ3v) is 4.23. The van der Waals surface area contributed by atoms with Gasteiger partial charge in [-0.25, -0.2) is 0 Å². The van der Waals surface area contributed by atoms with Crippen molar-refractivity contribution in [2.45, 2.75) is 6.54 Å². The van der Waals surface area contributed by atoms with Crippen LogP contribution in [-0.4, -0.2) is 52.9 Å². The second-order valence-corrected chi connectivity index (χ2v) is 6.05. The number of carbonyl (C=O) groups is 2. The molecule has 1 fully saturated rings. The number of benzene rings is 2. The number of carbonyl (C=O) groups excluding carboxylic acids is 2. The molecule has 0 saturated carbocycles. The average molecular weight is 339 g/mol. The van der Waals surface area contributed by atoms with Crippen LogP contribution in [0.3, 0.4) is 0 Å². The molecule has 0 unspecified atom stereocenters. The minimum Gasteiger partial charge on any atom is -0.508 e. The van der Waals surface area contributed by atoms with Gasteiger partial charge in [-0.3, -0.25) is 14.5 Å². The molecule has 6 heteroatoms. The topological polar surface area (TPSA) is 72.9 Å². The molecule has 1 aliphatic heterocycles. The van der Waals surface area contributed by atoms with E-state index in [0.29, 0.717) is 18.8 Å². The van der Waals surface area contributed by atoms with Crippen LogP contribution in [0.25, 0.3) is 0 Å². The van der Waals surface area contributed by atoms with Crippen LogP contribution in [0.2, 0.25) is 0 Å². The van der Waals surface area contributed by atoms with Gasteiger partial charge in [0, 0.05) is 38.4 Å². The Balaban J connectivity index is 1.49. The van der Waals surface area contributed by atoms with E-state index in [0.717, 1.165) is 19.6 Å². The van der Waals surface area contributed by atoms with E-state index >= 15 is 0 Å². The highest BCUT2D eigenvalue weighted by molar-refractivity contribution is 6.39. The Bertz CT molecular complexity index is 723. The van der Waals surface area contributed by atoms with Crippen molar-refractivity contribution in [1.82, 2.24) is 9.80 Å². The van der Waals surface area contributed by atoms with Gasteiger partial charge in [0.25, 0.3) is 0 Å². The van der Waals surface area contributed by atoms with Crippen molar-refractivity contribution in [3.05, 3.63) is 60.2 Å². The molecule has 2 aromatic carbocycles. The van der Waals surface area contributed by atoms with Crippen LogP contribution in [0.1, 0.15) is 5.56 Å². The molecule has 2 N–H and O–H groups in total. The van der Waals surface area contributed by atoms with Crippen molar-refractivity contribution in [3.63, 3.8) is 0 Å². The third-order valence-electron chi connectivity index (χ3n) is 4.23. The van der Waals surface area contributed by atoms with Gasteiger partial charge in [0.05, 0.1) is 0 Å². The summed E-state index contributed by atoms with van der Waals surface area (Å²) >= 11 is 0. The fraction of sp³-hybridized carbons (Fsp3) is 0.263. The number of nitrogens with one attached hydrogen (secondary N) is 1. The number of amides is 2. The summed E-state index contributed by atoms with van der Waals surface area (Å²) in [4.78, 5) is 28.2. The van der Waals surface area contributed by atoms with E-state index < -0.39 is 11.8 Å². The fourth-order valence-electron chi connectivity index (χ4n) is 2.82. The largest absolute Gasteiger partial charge is 0.508 e. The lowest BCUT2D eigenvalue weighted by Crippen LogP contribution is -2.51. The number of nitrogens with zero attached hydrogens (tertiary/aromatic N) is 2. The van der Waals surface area contributed by atoms with E-state index in [4.69, 9.17) is 0 Å². The van der Waals surface area contributed by atoms with E-state index in [1.165, 1.54) is 17.7 Å². The smallest absolute Gasteiger partial charge is 0.313 e. The fourth-order valence-corrected chi connectivity index (χ4v) is 2.82. The highest BCUT2D eigenvalue weighted by atomic mass is 16.3. The number of aromatic hydroxyl groups is 1. The Kier molecular flexibility index (Phi) is 5.30. The lowest BCUT2D eigenvalue weighted by atomic mass is 10.2. The molecule has 0 bridgehead atoms. The Labute approximate surface area is 146 Å². The standard InChI is InChI=1S/C19H21N3O3/c23-17-8-6-16(7-9-17)20-18(24)19(25)22-12-10-21(11-13-22)14-15-4-2-1-3-5-15/h1-9,23H,10-14H2,(H,20,24). The predicted molar refractivity (Wildman–Crippen MR) is 95.0 cm³/mol. The van der Waals surface area contributed by atoms with Crippen LogP contribution in [0, 0.1) is 0 Å². The lowest BCUT2D eigenvalue weighted by Gasteiger charge is -2.34. The summed E-state index contributed by atoms with van der Waals surface area (Å²) in [5, 5.41) is 11.8. The molecule has 2 aromatic rings. The van der Waals surface area contributed by atoms with Gasteiger partial charge in [0.15, 0.2) is 0 Å². The van der Waals surface area contributed by atoms with Crippen molar-refractivity contribution < 1.29 is 14.7 Å². The van der Waals surface area contributed by atoms with Crippen LogP contribution in [0.4, 0.5) is 5.69 Å². The highest BCUT2D eigenvalue weighted by Gasteiger charge is 2.26. The van der Waals surface area contributed by atoms with Gasteiger partial charge >= 0.3 is 11.8 Å². The average Bonchev–Trinajstić information content (AvgIpc) is 2.64. The molecule has 3 rings (SSSR count). The lowest BCUT2D eigenvalue weighted by molar-refractivity contribution is -0.144. The summed E-state index contributed by atoms with van der Waals surface area (Å²) < 4.78 is 0. The van der Waals surface area contributed by atoms with Gasteiger partial charge in [-0.2, -0.15) is 0 Å². The molecule has 1 heterocycles. The van der Waals surface area contributed by atoms with Gasteiger partial charge in [-0.1, -0.05) is 30.3 Å². The first kappa shape index (κ1) is 17.0. The Morgan fingerprint density at radius 1 is 0.920 bits per heavy atom. The first-order chi connectivity index (χ1) is 12.1. The molecule has 1 saturated heterocycles. The molecule has 0 spiro atoms. The number of rotatable bonds is 3. The van der Waals surface area contributed by atoms with Gasteiger partial charge in [-0.15, -0.1) is 0 Å².